The molecule has 5 rings (SSSR count). The molecule has 34 heavy (non-hydrogen) atoms. The maximum atomic E-state index is 4.89. The summed E-state index contributed by atoms with van der Waals surface area (Å²) in [5.74, 6) is 1.37. The molecule has 1 aliphatic heterocycles. The topological polar surface area (TPSA) is 17.3 Å². The standard InChI is InChI=1S/C27H33N2Si.CH3.2ClH.Ti/c1-30(2,29-18-16-28-17-19-29)27-15-14-25-24(12-7-13-26(25)27)23-11-6-10-22(20-23)21-8-4-3-5-9-21;;;;/h3-13,20,25-27H,14-19H2,1-2H3;1H3;2*1H;/q2*-1;;;+2/p-2. The van der Waals surface area contributed by atoms with Crippen LogP contribution in [0.2, 0.25) is 18.6 Å². The molecular formula is C28H36Cl2N2SiTi-2. The van der Waals surface area contributed by atoms with Crippen molar-refractivity contribution in [2.24, 2.45) is 11.8 Å². The first-order chi connectivity index (χ1) is 16.1. The van der Waals surface area contributed by atoms with Gasteiger partial charge < -0.3 is 17.3 Å². The summed E-state index contributed by atoms with van der Waals surface area (Å²) in [6.45, 7) is 9.66. The number of benzene rings is 2. The van der Waals surface area contributed by atoms with E-state index in [0.717, 1.165) is 18.6 Å². The van der Waals surface area contributed by atoms with Gasteiger partial charge in [-0.05, 0) is 65.2 Å². The van der Waals surface area contributed by atoms with E-state index in [9.17, 15) is 0 Å². The molecule has 0 radical (unpaired) electrons. The monoisotopic (exact) mass is 546 g/mol. The van der Waals surface area contributed by atoms with Crippen LogP contribution in [0.4, 0.5) is 0 Å². The van der Waals surface area contributed by atoms with Crippen molar-refractivity contribution in [3.8, 4) is 11.1 Å². The molecule has 0 bridgehead atoms. The second-order valence-electron chi connectivity index (χ2n) is 9.70. The Labute approximate surface area is 224 Å². The van der Waals surface area contributed by atoms with E-state index in [0.29, 0.717) is 11.8 Å². The third kappa shape index (κ3) is 6.18. The molecule has 2 fully saturated rings. The average molecular weight is 547 g/mol. The Morgan fingerprint density at radius 2 is 1.56 bits per heavy atom. The fourth-order valence-corrected chi connectivity index (χ4v) is 10.1. The molecule has 2 aromatic carbocycles. The molecule has 0 N–H and O–H groups in total. The van der Waals surface area contributed by atoms with E-state index in [4.69, 9.17) is 18.6 Å². The van der Waals surface area contributed by atoms with Crippen molar-refractivity contribution in [2.75, 3.05) is 26.2 Å². The Hall–Kier alpha value is -0.649. The third-order valence-electron chi connectivity index (χ3n) is 7.81. The van der Waals surface area contributed by atoms with Crippen LogP contribution in [0.3, 0.4) is 0 Å². The van der Waals surface area contributed by atoms with Crippen LogP contribution in [-0.4, -0.2) is 39.0 Å². The van der Waals surface area contributed by atoms with Crippen LogP contribution in [0.1, 0.15) is 18.4 Å². The molecule has 1 saturated heterocycles. The molecule has 6 heteroatoms. The van der Waals surface area contributed by atoms with Crippen LogP contribution in [0.5, 0.6) is 0 Å². The number of fused-ring (bicyclic) bond motifs is 1. The summed E-state index contributed by atoms with van der Waals surface area (Å²) in [6.07, 6.45) is 9.98. The van der Waals surface area contributed by atoms with Gasteiger partial charge in [-0.3, -0.25) is 0 Å². The van der Waals surface area contributed by atoms with Crippen molar-refractivity contribution < 1.29 is 17.0 Å². The second-order valence-corrected chi connectivity index (χ2v) is 17.0. The Bertz CT molecular complexity index is 973. The molecule has 1 heterocycles. The van der Waals surface area contributed by atoms with Crippen molar-refractivity contribution in [2.45, 2.75) is 31.5 Å². The van der Waals surface area contributed by atoms with Gasteiger partial charge in [-0.2, -0.15) is 0 Å². The molecule has 3 atom stereocenters. The van der Waals surface area contributed by atoms with Crippen molar-refractivity contribution >= 4 is 32.4 Å². The summed E-state index contributed by atoms with van der Waals surface area (Å²) in [5.41, 5.74) is 6.43. The van der Waals surface area contributed by atoms with E-state index in [-0.39, 0.29) is 7.43 Å². The van der Waals surface area contributed by atoms with E-state index in [2.05, 4.69) is 95.8 Å². The van der Waals surface area contributed by atoms with Gasteiger partial charge in [-0.15, -0.1) is 13.1 Å². The van der Waals surface area contributed by atoms with Gasteiger partial charge in [0, 0.05) is 0 Å². The predicted molar refractivity (Wildman–Crippen MR) is 149 cm³/mol. The van der Waals surface area contributed by atoms with Gasteiger partial charge in [0.15, 0.2) is 0 Å². The summed E-state index contributed by atoms with van der Waals surface area (Å²) in [6, 6.07) is 20.0. The molecule has 2 aromatic rings. The number of hydrogen-bond acceptors (Lipinski definition) is 1. The molecule has 0 aromatic heterocycles. The van der Waals surface area contributed by atoms with Gasteiger partial charge in [0.2, 0.25) is 0 Å². The zero-order valence-electron chi connectivity index (χ0n) is 20.6. The molecule has 3 aliphatic rings. The summed E-state index contributed by atoms with van der Waals surface area (Å²) < 4.78 is 2.84. The molecular weight excluding hydrogens is 511 g/mol. The van der Waals surface area contributed by atoms with Gasteiger partial charge in [0.25, 0.3) is 0 Å². The Balaban J connectivity index is 0.000000771. The first-order valence-corrected chi connectivity index (χ1v) is 19.3. The second kappa shape index (κ2) is 13.1. The quantitative estimate of drug-likeness (QED) is 0.278. The van der Waals surface area contributed by atoms with E-state index in [1.807, 2.05) is 0 Å². The van der Waals surface area contributed by atoms with E-state index in [1.165, 1.54) is 42.6 Å². The minimum absolute atomic E-state index is 0. The SMILES string of the molecule is C[Si](C)(C1CCC2C(c3cccc(-c4ccccc4)c3)=CC=CC21)N1CC[N-]CC1.[CH3-].[Cl][Ti][Cl]. The third-order valence-corrected chi connectivity index (χ3v) is 12.4. The van der Waals surface area contributed by atoms with Gasteiger partial charge in [0.1, 0.15) is 8.24 Å². The van der Waals surface area contributed by atoms with Gasteiger partial charge in [0.05, 0.1) is 0 Å². The summed E-state index contributed by atoms with van der Waals surface area (Å²) >= 11 is -0.556. The van der Waals surface area contributed by atoms with Crippen molar-refractivity contribution in [1.29, 1.82) is 0 Å². The number of allylic oxidation sites excluding steroid dienone is 4. The number of nitrogens with zero attached hydrogens (tertiary/aromatic N) is 2. The molecule has 0 amide bonds. The fraction of sp³-hybridized carbons (Fsp3) is 0.393. The van der Waals surface area contributed by atoms with E-state index >= 15 is 0 Å². The molecule has 2 aliphatic carbocycles. The van der Waals surface area contributed by atoms with Crippen molar-refractivity contribution in [3.05, 3.63) is 91.1 Å². The van der Waals surface area contributed by atoms with Crippen LogP contribution < -0.4 is 0 Å². The van der Waals surface area contributed by atoms with E-state index in [1.54, 1.807) is 5.57 Å². The zero-order valence-corrected chi connectivity index (χ0v) is 24.6. The van der Waals surface area contributed by atoms with Crippen LogP contribution in [0.25, 0.3) is 22.0 Å². The Morgan fingerprint density at radius 1 is 0.912 bits per heavy atom. The number of rotatable bonds is 4. The predicted octanol–water partition coefficient (Wildman–Crippen LogP) is 8.42. The molecule has 2 nitrogen and oxygen atoms in total. The first-order valence-electron chi connectivity index (χ1n) is 11.9. The van der Waals surface area contributed by atoms with Crippen molar-refractivity contribution in [1.82, 2.24) is 4.57 Å². The van der Waals surface area contributed by atoms with E-state index < -0.39 is 25.3 Å². The van der Waals surface area contributed by atoms with Gasteiger partial charge in [-0.25, -0.2) is 0 Å². The number of halogens is 2. The van der Waals surface area contributed by atoms with Crippen LogP contribution >= 0.6 is 18.6 Å². The zero-order chi connectivity index (χ0) is 23.3. The Kier molecular flexibility index (Phi) is 10.7. The summed E-state index contributed by atoms with van der Waals surface area (Å²) in [5, 5.41) is 4.59. The molecule has 0 spiro atoms. The molecule has 3 unspecified atom stereocenters. The van der Waals surface area contributed by atoms with Crippen LogP contribution in [0.15, 0.2) is 72.8 Å². The Morgan fingerprint density at radius 3 is 2.26 bits per heavy atom. The molecule has 1 saturated carbocycles. The number of hydrogen-bond donors (Lipinski definition) is 0. The summed E-state index contributed by atoms with van der Waals surface area (Å²) in [4.78, 5) is 0. The summed E-state index contributed by atoms with van der Waals surface area (Å²) in [7, 11) is 8.30. The van der Waals surface area contributed by atoms with Gasteiger partial charge >= 0.3 is 35.6 Å². The molecule has 182 valence electrons. The normalized spacial score (nSPS) is 24.2. The number of piperazine rings is 1. The fourth-order valence-electron chi connectivity index (χ4n) is 6.13. The van der Waals surface area contributed by atoms with Crippen molar-refractivity contribution in [3.63, 3.8) is 0 Å². The maximum absolute atomic E-state index is 4.89. The van der Waals surface area contributed by atoms with Gasteiger partial charge in [-0.1, -0.05) is 86.3 Å². The minimum atomic E-state index is -1.48. The average Bonchev–Trinajstić information content (AvgIpc) is 3.31. The van der Waals surface area contributed by atoms with Crippen LogP contribution in [-0.2, 0) is 17.0 Å². The van der Waals surface area contributed by atoms with Crippen LogP contribution in [0, 0.1) is 19.3 Å². The first kappa shape index (κ1) is 27.9.